The number of hydrogen-bond acceptors (Lipinski definition) is 2. The van der Waals surface area contributed by atoms with E-state index in [1.807, 2.05) is 0 Å². The number of carboxylic acids is 1. The maximum atomic E-state index is 13.4. The second-order valence-electron chi connectivity index (χ2n) is 4.81. The third-order valence-electron chi connectivity index (χ3n) is 3.31. The van der Waals surface area contributed by atoms with Crippen molar-refractivity contribution < 1.29 is 19.1 Å². The van der Waals surface area contributed by atoms with Crippen LogP contribution in [-0.2, 0) is 9.59 Å². The molecule has 0 bridgehead atoms. The summed E-state index contributed by atoms with van der Waals surface area (Å²) >= 11 is 11.6. The van der Waals surface area contributed by atoms with E-state index in [1.54, 1.807) is 6.92 Å². The molecule has 20 heavy (non-hydrogen) atoms. The van der Waals surface area contributed by atoms with Crippen LogP contribution in [0.15, 0.2) is 12.1 Å². The zero-order chi connectivity index (χ0) is 15.0. The van der Waals surface area contributed by atoms with Gasteiger partial charge in [-0.15, -0.1) is 0 Å². The van der Waals surface area contributed by atoms with E-state index in [4.69, 9.17) is 28.3 Å². The molecule has 0 heterocycles. The summed E-state index contributed by atoms with van der Waals surface area (Å²) in [5.74, 6) is -3.11. The average Bonchev–Trinajstić information content (AvgIpc) is 3.13. The van der Waals surface area contributed by atoms with E-state index in [-0.39, 0.29) is 16.0 Å². The molecule has 0 radical (unpaired) electrons. The molecule has 1 fully saturated rings. The molecule has 0 spiro atoms. The van der Waals surface area contributed by atoms with Crippen LogP contribution in [-0.4, -0.2) is 17.0 Å². The molecule has 2 N–H and O–H groups in total. The van der Waals surface area contributed by atoms with Gasteiger partial charge in [0.25, 0.3) is 0 Å². The van der Waals surface area contributed by atoms with Gasteiger partial charge in [0.1, 0.15) is 5.82 Å². The monoisotopic (exact) mass is 319 g/mol. The van der Waals surface area contributed by atoms with Crippen LogP contribution in [0.4, 0.5) is 4.39 Å². The van der Waals surface area contributed by atoms with Crippen LogP contribution in [0, 0.1) is 17.7 Å². The summed E-state index contributed by atoms with van der Waals surface area (Å²) in [6.07, 6.45) is 0.330. The largest absolute Gasteiger partial charge is 0.481 e. The Morgan fingerprint density at radius 2 is 2.00 bits per heavy atom. The van der Waals surface area contributed by atoms with E-state index in [0.717, 1.165) is 6.07 Å². The highest BCUT2D eigenvalue weighted by Crippen LogP contribution is 2.39. The van der Waals surface area contributed by atoms with Crippen molar-refractivity contribution in [2.45, 2.75) is 19.4 Å². The maximum absolute atomic E-state index is 13.4. The van der Waals surface area contributed by atoms with E-state index in [2.05, 4.69) is 5.32 Å². The van der Waals surface area contributed by atoms with Crippen molar-refractivity contribution in [3.63, 3.8) is 0 Å². The van der Waals surface area contributed by atoms with Crippen molar-refractivity contribution in [1.29, 1.82) is 0 Å². The summed E-state index contributed by atoms with van der Waals surface area (Å²) in [5.41, 5.74) is 0.398. The van der Waals surface area contributed by atoms with Gasteiger partial charge in [0.2, 0.25) is 5.91 Å². The fraction of sp³-hybridized carbons (Fsp3) is 0.385. The maximum Gasteiger partial charge on any atom is 0.307 e. The lowest BCUT2D eigenvalue weighted by molar-refractivity contribution is -0.140. The van der Waals surface area contributed by atoms with Crippen molar-refractivity contribution in [3.05, 3.63) is 33.6 Å². The molecule has 0 aliphatic heterocycles. The van der Waals surface area contributed by atoms with Crippen LogP contribution >= 0.6 is 23.2 Å². The van der Waals surface area contributed by atoms with Gasteiger partial charge in [-0.3, -0.25) is 9.59 Å². The van der Waals surface area contributed by atoms with Gasteiger partial charge in [-0.2, -0.15) is 0 Å². The van der Waals surface area contributed by atoms with Crippen LogP contribution in [0.5, 0.6) is 0 Å². The molecule has 108 valence electrons. The van der Waals surface area contributed by atoms with Gasteiger partial charge >= 0.3 is 5.97 Å². The Balaban J connectivity index is 2.06. The average molecular weight is 320 g/mol. The van der Waals surface area contributed by atoms with Gasteiger partial charge in [0.15, 0.2) is 0 Å². The lowest BCUT2D eigenvalue weighted by Gasteiger charge is -2.16. The minimum absolute atomic E-state index is 0.0922. The fourth-order valence-corrected chi connectivity index (χ4v) is 2.57. The van der Waals surface area contributed by atoms with E-state index < -0.39 is 29.7 Å². The number of carbonyl (C=O) groups excluding carboxylic acids is 1. The minimum atomic E-state index is -0.978. The Bertz CT molecular complexity index is 579. The first-order valence-corrected chi connectivity index (χ1v) is 6.74. The molecule has 1 saturated carbocycles. The van der Waals surface area contributed by atoms with E-state index in [0.29, 0.717) is 12.0 Å². The van der Waals surface area contributed by atoms with Crippen molar-refractivity contribution in [2.24, 2.45) is 11.8 Å². The number of nitrogens with one attached hydrogen (secondary N) is 1. The first-order chi connectivity index (χ1) is 9.31. The second-order valence-corrected chi connectivity index (χ2v) is 5.62. The van der Waals surface area contributed by atoms with Crippen molar-refractivity contribution in [2.75, 3.05) is 0 Å². The molecule has 4 nitrogen and oxygen atoms in total. The Morgan fingerprint density at radius 3 is 2.55 bits per heavy atom. The third kappa shape index (κ3) is 3.04. The summed E-state index contributed by atoms with van der Waals surface area (Å²) in [5, 5.41) is 11.6. The number of carboxylic acid groups (broad SMARTS) is 1. The van der Waals surface area contributed by atoms with Crippen LogP contribution in [0.3, 0.4) is 0 Å². The third-order valence-corrected chi connectivity index (χ3v) is 3.93. The van der Waals surface area contributed by atoms with Crippen LogP contribution in [0.1, 0.15) is 24.9 Å². The van der Waals surface area contributed by atoms with E-state index in [9.17, 15) is 14.0 Å². The molecule has 3 atom stereocenters. The van der Waals surface area contributed by atoms with Crippen LogP contribution in [0.25, 0.3) is 0 Å². The lowest BCUT2D eigenvalue weighted by atomic mass is 10.1. The smallest absolute Gasteiger partial charge is 0.307 e. The molecule has 7 heteroatoms. The van der Waals surface area contributed by atoms with Gasteiger partial charge in [0, 0.05) is 5.02 Å². The predicted octanol–water partition coefficient (Wildman–Crippen LogP) is 3.03. The molecule has 0 saturated heterocycles. The fourth-order valence-electron chi connectivity index (χ4n) is 2.03. The molecule has 2 rings (SSSR count). The second kappa shape index (κ2) is 5.58. The summed E-state index contributed by atoms with van der Waals surface area (Å²) < 4.78 is 13.4. The van der Waals surface area contributed by atoms with Crippen molar-refractivity contribution >= 4 is 35.1 Å². The Kier molecular flexibility index (Phi) is 4.20. The Morgan fingerprint density at radius 1 is 1.35 bits per heavy atom. The zero-order valence-electron chi connectivity index (χ0n) is 10.5. The summed E-state index contributed by atoms with van der Waals surface area (Å²) in [4.78, 5) is 22.5. The molecule has 1 aliphatic carbocycles. The van der Waals surface area contributed by atoms with E-state index in [1.165, 1.54) is 6.07 Å². The number of amides is 1. The highest BCUT2D eigenvalue weighted by Gasteiger charge is 2.48. The molecule has 1 amide bonds. The number of carbonyl (C=O) groups is 2. The molecular formula is C13H12Cl2FNO3. The highest BCUT2D eigenvalue weighted by atomic mass is 35.5. The minimum Gasteiger partial charge on any atom is -0.481 e. The number of halogens is 3. The quantitative estimate of drug-likeness (QED) is 0.838. The Hall–Kier alpha value is -1.33. The molecule has 1 aromatic rings. The van der Waals surface area contributed by atoms with Crippen LogP contribution in [0.2, 0.25) is 10.0 Å². The predicted molar refractivity (Wildman–Crippen MR) is 72.2 cm³/mol. The van der Waals surface area contributed by atoms with Gasteiger partial charge in [-0.25, -0.2) is 4.39 Å². The van der Waals surface area contributed by atoms with Crippen molar-refractivity contribution in [3.8, 4) is 0 Å². The molecule has 3 unspecified atom stereocenters. The lowest BCUT2D eigenvalue weighted by Crippen LogP contribution is -2.29. The first-order valence-electron chi connectivity index (χ1n) is 5.99. The summed E-state index contributed by atoms with van der Waals surface area (Å²) in [6.45, 7) is 1.64. The van der Waals surface area contributed by atoms with Crippen molar-refractivity contribution in [1.82, 2.24) is 5.32 Å². The first kappa shape index (κ1) is 15.1. The summed E-state index contributed by atoms with van der Waals surface area (Å²) in [6, 6.07) is 1.90. The van der Waals surface area contributed by atoms with Gasteiger partial charge in [0.05, 0.1) is 22.9 Å². The molecular weight excluding hydrogens is 308 g/mol. The van der Waals surface area contributed by atoms with Gasteiger partial charge < -0.3 is 10.4 Å². The number of aliphatic carboxylic acids is 1. The topological polar surface area (TPSA) is 66.4 Å². The molecule has 1 aliphatic rings. The Labute approximate surface area is 124 Å². The zero-order valence-corrected chi connectivity index (χ0v) is 12.0. The molecule has 0 aromatic heterocycles. The normalized spacial score (nSPS) is 22.2. The number of rotatable bonds is 4. The molecule has 1 aromatic carbocycles. The number of hydrogen-bond donors (Lipinski definition) is 2. The van der Waals surface area contributed by atoms with Crippen LogP contribution < -0.4 is 5.32 Å². The summed E-state index contributed by atoms with van der Waals surface area (Å²) in [7, 11) is 0. The number of benzene rings is 1. The van der Waals surface area contributed by atoms with Gasteiger partial charge in [-0.1, -0.05) is 23.2 Å². The van der Waals surface area contributed by atoms with E-state index >= 15 is 0 Å². The standard InChI is InChI=1S/C13H12Cl2FNO3/c1-5(6-3-11(16)10(15)4-9(6)14)17-12(18)7-2-8(7)13(19)20/h3-5,7-8H,2H2,1H3,(H,17,18)(H,19,20). The van der Waals surface area contributed by atoms with Gasteiger partial charge in [-0.05, 0) is 31.0 Å². The SMILES string of the molecule is CC(NC(=O)C1CC1C(=O)O)c1cc(F)c(Cl)cc1Cl. The highest BCUT2D eigenvalue weighted by molar-refractivity contribution is 6.35.